The number of nitrogens with zero attached hydrogens (tertiary/aromatic N) is 3. The molecule has 1 amide bonds. The van der Waals surface area contributed by atoms with Crippen LogP contribution in [0.25, 0.3) is 0 Å². The largest absolute Gasteiger partial charge is 0.342 e. The van der Waals surface area contributed by atoms with Gasteiger partial charge in [0.2, 0.25) is 0 Å². The lowest BCUT2D eigenvalue weighted by molar-refractivity contribution is 0.0938. The predicted octanol–water partition coefficient (Wildman–Crippen LogP) is 1.78. The van der Waals surface area contributed by atoms with Gasteiger partial charge in [-0.3, -0.25) is 4.79 Å². The first-order valence-corrected chi connectivity index (χ1v) is 6.95. The number of nitrogens with one attached hydrogen (secondary N) is 1. The lowest BCUT2D eigenvalue weighted by Crippen LogP contribution is -2.28. The molecule has 1 aliphatic heterocycles. The highest BCUT2D eigenvalue weighted by Gasteiger charge is 2.22. The van der Waals surface area contributed by atoms with Crippen molar-refractivity contribution in [1.29, 1.82) is 0 Å². The average Bonchev–Trinajstić information content (AvgIpc) is 3.06. The Morgan fingerprint density at radius 3 is 3.22 bits per heavy atom. The number of carbonyl (C=O) groups excluding carboxylic acids is 1. The fourth-order valence-electron chi connectivity index (χ4n) is 2.23. The van der Waals surface area contributed by atoms with E-state index in [1.165, 1.54) is 11.3 Å². The highest BCUT2D eigenvalue weighted by Crippen LogP contribution is 2.19. The number of hydrogen-bond donors (Lipinski definition) is 1. The van der Waals surface area contributed by atoms with E-state index in [9.17, 15) is 4.79 Å². The Morgan fingerprint density at radius 2 is 2.44 bits per heavy atom. The standard InChI is InChI=1S/C12H14N4OS/c1-8(13-12(17)9-4-6-18-7-9)11-15-14-10-3-2-5-16(10)11/h4,6-8H,2-3,5H2,1H3,(H,13,17). The lowest BCUT2D eigenvalue weighted by atomic mass is 10.2. The molecule has 1 N–H and O–H groups in total. The molecule has 1 aliphatic rings. The van der Waals surface area contributed by atoms with E-state index in [-0.39, 0.29) is 11.9 Å². The van der Waals surface area contributed by atoms with Crippen LogP contribution in [0.1, 0.15) is 41.4 Å². The van der Waals surface area contributed by atoms with Gasteiger partial charge < -0.3 is 9.88 Å². The third kappa shape index (κ3) is 1.92. The SMILES string of the molecule is CC(NC(=O)c1ccsc1)c1nnc2n1CCC2. The van der Waals surface area contributed by atoms with Crippen LogP contribution < -0.4 is 5.32 Å². The van der Waals surface area contributed by atoms with Crippen molar-refractivity contribution in [2.75, 3.05) is 0 Å². The molecule has 0 saturated carbocycles. The van der Waals surface area contributed by atoms with E-state index in [4.69, 9.17) is 0 Å². The molecule has 2 aromatic heterocycles. The maximum absolute atomic E-state index is 11.9. The summed E-state index contributed by atoms with van der Waals surface area (Å²) in [5.41, 5.74) is 0.702. The molecule has 0 saturated heterocycles. The maximum Gasteiger partial charge on any atom is 0.252 e. The van der Waals surface area contributed by atoms with Gasteiger partial charge in [0.05, 0.1) is 11.6 Å². The zero-order valence-corrected chi connectivity index (χ0v) is 10.9. The van der Waals surface area contributed by atoms with Crippen molar-refractivity contribution in [3.63, 3.8) is 0 Å². The molecule has 5 nitrogen and oxygen atoms in total. The molecular weight excluding hydrogens is 248 g/mol. The Kier molecular flexibility index (Phi) is 2.87. The van der Waals surface area contributed by atoms with Crippen LogP contribution in [0, 0.1) is 0 Å². The number of aryl methyl sites for hydroxylation is 1. The first-order valence-electron chi connectivity index (χ1n) is 6.01. The summed E-state index contributed by atoms with van der Waals surface area (Å²) in [5.74, 6) is 1.83. The van der Waals surface area contributed by atoms with Gasteiger partial charge in [0.15, 0.2) is 5.82 Å². The molecule has 0 fully saturated rings. The van der Waals surface area contributed by atoms with E-state index in [2.05, 4.69) is 20.1 Å². The summed E-state index contributed by atoms with van der Waals surface area (Å²) >= 11 is 1.52. The van der Waals surface area contributed by atoms with Crippen LogP contribution in [-0.2, 0) is 13.0 Å². The number of carbonyl (C=O) groups is 1. The zero-order chi connectivity index (χ0) is 12.5. The van der Waals surface area contributed by atoms with Crippen LogP contribution >= 0.6 is 11.3 Å². The Labute approximate surface area is 109 Å². The third-order valence-corrected chi connectivity index (χ3v) is 3.84. The second-order valence-electron chi connectivity index (χ2n) is 4.44. The van der Waals surface area contributed by atoms with Crippen molar-refractivity contribution in [2.45, 2.75) is 32.4 Å². The summed E-state index contributed by atoms with van der Waals surface area (Å²) < 4.78 is 2.11. The number of aromatic nitrogens is 3. The van der Waals surface area contributed by atoms with E-state index in [1.807, 2.05) is 23.8 Å². The Balaban J connectivity index is 1.75. The van der Waals surface area contributed by atoms with Gasteiger partial charge in [0, 0.05) is 18.3 Å². The number of hydrogen-bond acceptors (Lipinski definition) is 4. The van der Waals surface area contributed by atoms with Gasteiger partial charge >= 0.3 is 0 Å². The molecule has 3 rings (SSSR count). The topological polar surface area (TPSA) is 59.8 Å². The van der Waals surface area contributed by atoms with Crippen molar-refractivity contribution >= 4 is 17.2 Å². The van der Waals surface area contributed by atoms with Crippen molar-refractivity contribution in [3.05, 3.63) is 34.0 Å². The number of rotatable bonds is 3. The van der Waals surface area contributed by atoms with Crippen LogP contribution in [0.15, 0.2) is 16.8 Å². The molecule has 0 aliphatic carbocycles. The van der Waals surface area contributed by atoms with Gasteiger partial charge in [-0.2, -0.15) is 11.3 Å². The van der Waals surface area contributed by atoms with E-state index in [1.54, 1.807) is 0 Å². The summed E-state index contributed by atoms with van der Waals surface area (Å²) in [6.45, 7) is 2.90. The number of amides is 1. The van der Waals surface area contributed by atoms with Gasteiger partial charge in [0.25, 0.3) is 5.91 Å². The van der Waals surface area contributed by atoms with Gasteiger partial charge in [-0.05, 0) is 24.8 Å². The van der Waals surface area contributed by atoms with Gasteiger partial charge in [-0.15, -0.1) is 10.2 Å². The Hall–Kier alpha value is -1.69. The monoisotopic (exact) mass is 262 g/mol. The smallest absolute Gasteiger partial charge is 0.252 e. The highest BCUT2D eigenvalue weighted by atomic mass is 32.1. The predicted molar refractivity (Wildman–Crippen MR) is 68.5 cm³/mol. The summed E-state index contributed by atoms with van der Waals surface area (Å²) in [6.07, 6.45) is 2.10. The molecule has 6 heteroatoms. The molecule has 2 aromatic rings. The van der Waals surface area contributed by atoms with Gasteiger partial charge in [0.1, 0.15) is 5.82 Å². The lowest BCUT2D eigenvalue weighted by Gasteiger charge is -2.13. The maximum atomic E-state index is 11.9. The molecule has 18 heavy (non-hydrogen) atoms. The first-order chi connectivity index (χ1) is 8.75. The first kappa shape index (κ1) is 11.4. The number of fused-ring (bicyclic) bond motifs is 1. The third-order valence-electron chi connectivity index (χ3n) is 3.16. The fourth-order valence-corrected chi connectivity index (χ4v) is 2.87. The second-order valence-corrected chi connectivity index (χ2v) is 5.22. The van der Waals surface area contributed by atoms with Crippen molar-refractivity contribution < 1.29 is 4.79 Å². The summed E-state index contributed by atoms with van der Waals surface area (Å²) in [4.78, 5) is 11.9. The van der Waals surface area contributed by atoms with Crippen molar-refractivity contribution in [3.8, 4) is 0 Å². The Bertz CT molecular complexity index is 561. The van der Waals surface area contributed by atoms with E-state index >= 15 is 0 Å². The van der Waals surface area contributed by atoms with Crippen LogP contribution in [0.4, 0.5) is 0 Å². The summed E-state index contributed by atoms with van der Waals surface area (Å²) in [7, 11) is 0. The minimum Gasteiger partial charge on any atom is -0.342 e. The zero-order valence-electron chi connectivity index (χ0n) is 10.1. The molecule has 0 bridgehead atoms. The van der Waals surface area contributed by atoms with Crippen LogP contribution in [0.3, 0.4) is 0 Å². The molecule has 0 aromatic carbocycles. The summed E-state index contributed by atoms with van der Waals surface area (Å²) in [5, 5.41) is 15.0. The van der Waals surface area contributed by atoms with Gasteiger partial charge in [-0.25, -0.2) is 0 Å². The highest BCUT2D eigenvalue weighted by molar-refractivity contribution is 7.08. The van der Waals surface area contributed by atoms with Crippen LogP contribution in [-0.4, -0.2) is 20.7 Å². The minimum absolute atomic E-state index is 0.0564. The number of thiophene rings is 1. The second kappa shape index (κ2) is 4.53. The normalized spacial score (nSPS) is 15.4. The average molecular weight is 262 g/mol. The summed E-state index contributed by atoms with van der Waals surface area (Å²) in [6, 6.07) is 1.71. The van der Waals surface area contributed by atoms with E-state index in [0.717, 1.165) is 31.0 Å². The molecule has 1 atom stereocenters. The van der Waals surface area contributed by atoms with Gasteiger partial charge in [-0.1, -0.05) is 0 Å². The van der Waals surface area contributed by atoms with E-state index < -0.39 is 0 Å². The Morgan fingerprint density at radius 1 is 1.56 bits per heavy atom. The minimum atomic E-state index is -0.114. The molecular formula is C12H14N4OS. The van der Waals surface area contributed by atoms with Crippen LogP contribution in [0.5, 0.6) is 0 Å². The quantitative estimate of drug-likeness (QED) is 0.917. The molecule has 0 radical (unpaired) electrons. The molecule has 0 spiro atoms. The molecule has 1 unspecified atom stereocenters. The molecule has 94 valence electrons. The fraction of sp³-hybridized carbons (Fsp3) is 0.417. The van der Waals surface area contributed by atoms with Crippen LogP contribution in [0.2, 0.25) is 0 Å². The van der Waals surface area contributed by atoms with Crippen molar-refractivity contribution in [2.24, 2.45) is 0 Å². The van der Waals surface area contributed by atoms with E-state index in [0.29, 0.717) is 5.56 Å². The molecule has 3 heterocycles. The van der Waals surface area contributed by atoms with Crippen molar-refractivity contribution in [1.82, 2.24) is 20.1 Å².